The second kappa shape index (κ2) is 4.88. The van der Waals surface area contributed by atoms with Crippen molar-refractivity contribution in [1.82, 2.24) is 9.97 Å². The highest BCUT2D eigenvalue weighted by atomic mass is 14.7. The number of hydrogen-bond acceptors (Lipinski definition) is 2. The van der Waals surface area contributed by atoms with E-state index in [9.17, 15) is 0 Å². The maximum absolute atomic E-state index is 4.53. The zero-order chi connectivity index (χ0) is 10.8. The molecule has 84 valence electrons. The molecule has 0 saturated heterocycles. The van der Waals surface area contributed by atoms with E-state index in [1.807, 2.05) is 32.2 Å². The molecule has 0 fully saturated rings. The summed E-state index contributed by atoms with van der Waals surface area (Å²) in [7, 11) is 0. The molecular weight excluding hydrogens is 196 g/mol. The van der Waals surface area contributed by atoms with Crippen LogP contribution in [0.25, 0.3) is 11.3 Å². The van der Waals surface area contributed by atoms with Crippen molar-refractivity contribution in [2.24, 2.45) is 0 Å². The van der Waals surface area contributed by atoms with Crippen LogP contribution in [0, 0.1) is 20.8 Å². The van der Waals surface area contributed by atoms with Crippen LogP contribution in [0.4, 0.5) is 0 Å². The first-order chi connectivity index (χ1) is 7.16. The van der Waals surface area contributed by atoms with Crippen LogP contribution in [-0.4, -0.2) is 9.97 Å². The average molecular weight is 214 g/mol. The van der Waals surface area contributed by atoms with Crippen LogP contribution in [-0.2, 0) is 0 Å². The van der Waals surface area contributed by atoms with Crippen LogP contribution in [0.1, 0.15) is 24.4 Å². The van der Waals surface area contributed by atoms with E-state index in [2.05, 4.69) is 29.0 Å². The topological polar surface area (TPSA) is 25.8 Å². The third-order valence-electron chi connectivity index (χ3n) is 2.56. The van der Waals surface area contributed by atoms with Crippen LogP contribution in [0.2, 0.25) is 0 Å². The third-order valence-corrected chi connectivity index (χ3v) is 2.56. The second-order valence-electron chi connectivity index (χ2n) is 3.79. The van der Waals surface area contributed by atoms with E-state index in [4.69, 9.17) is 0 Å². The van der Waals surface area contributed by atoms with E-state index < -0.39 is 0 Å². The minimum atomic E-state index is 0. The van der Waals surface area contributed by atoms with Crippen molar-refractivity contribution in [2.75, 3.05) is 0 Å². The largest absolute Gasteiger partial charge is 0.261 e. The van der Waals surface area contributed by atoms with Gasteiger partial charge in [0.2, 0.25) is 0 Å². The summed E-state index contributed by atoms with van der Waals surface area (Å²) in [6.45, 7) is 6.08. The summed E-state index contributed by atoms with van der Waals surface area (Å²) in [4.78, 5) is 8.80. The SMILES string of the molecule is C.Cc1ccc(-c2ccc(C)c(C)n2)cn1. The first-order valence-corrected chi connectivity index (χ1v) is 5.04. The smallest absolute Gasteiger partial charge is 0.0720 e. The molecular formula is C14H18N2. The van der Waals surface area contributed by atoms with Crippen LogP contribution in [0.3, 0.4) is 0 Å². The molecule has 0 unspecified atom stereocenters. The van der Waals surface area contributed by atoms with E-state index in [0.29, 0.717) is 0 Å². The van der Waals surface area contributed by atoms with Gasteiger partial charge in [0.1, 0.15) is 0 Å². The van der Waals surface area contributed by atoms with Crippen molar-refractivity contribution >= 4 is 0 Å². The van der Waals surface area contributed by atoms with E-state index in [1.54, 1.807) is 0 Å². The van der Waals surface area contributed by atoms with Gasteiger partial charge in [0, 0.05) is 23.1 Å². The maximum Gasteiger partial charge on any atom is 0.0720 e. The van der Waals surface area contributed by atoms with Crippen molar-refractivity contribution < 1.29 is 0 Å². The van der Waals surface area contributed by atoms with E-state index in [0.717, 1.165) is 22.6 Å². The van der Waals surface area contributed by atoms with Crippen molar-refractivity contribution in [2.45, 2.75) is 28.2 Å². The normalized spacial score (nSPS) is 9.69. The van der Waals surface area contributed by atoms with Crippen LogP contribution in [0.15, 0.2) is 30.5 Å². The number of aryl methyl sites for hydroxylation is 3. The summed E-state index contributed by atoms with van der Waals surface area (Å²) in [5, 5.41) is 0. The molecule has 0 saturated carbocycles. The predicted molar refractivity (Wildman–Crippen MR) is 68.4 cm³/mol. The number of rotatable bonds is 1. The molecule has 2 aromatic rings. The molecule has 0 radical (unpaired) electrons. The molecule has 0 bridgehead atoms. The Hall–Kier alpha value is -1.70. The summed E-state index contributed by atoms with van der Waals surface area (Å²) in [6.07, 6.45) is 1.87. The van der Waals surface area contributed by atoms with Gasteiger partial charge in [-0.15, -0.1) is 0 Å². The molecule has 2 nitrogen and oxygen atoms in total. The molecule has 0 aliphatic rings. The summed E-state index contributed by atoms with van der Waals surface area (Å²) < 4.78 is 0. The Labute approximate surface area is 97.4 Å². The highest BCUT2D eigenvalue weighted by Crippen LogP contribution is 2.17. The standard InChI is InChI=1S/C13H14N2.CH4/c1-9-4-7-13(15-11(9)3)12-6-5-10(2)14-8-12;/h4-8H,1-3H3;1H4. The average Bonchev–Trinajstić information content (AvgIpc) is 2.23. The molecule has 2 heteroatoms. The molecule has 0 N–H and O–H groups in total. The molecule has 2 aromatic heterocycles. The number of nitrogens with zero attached hydrogens (tertiary/aromatic N) is 2. The van der Waals surface area contributed by atoms with Gasteiger partial charge in [-0.25, -0.2) is 0 Å². The van der Waals surface area contributed by atoms with Gasteiger partial charge in [0.15, 0.2) is 0 Å². The quantitative estimate of drug-likeness (QED) is 0.723. The lowest BCUT2D eigenvalue weighted by Crippen LogP contribution is -1.91. The Bertz CT molecular complexity index is 473. The first-order valence-electron chi connectivity index (χ1n) is 5.04. The minimum absolute atomic E-state index is 0. The monoisotopic (exact) mass is 214 g/mol. The predicted octanol–water partition coefficient (Wildman–Crippen LogP) is 3.70. The maximum atomic E-state index is 4.53. The number of aromatic nitrogens is 2. The molecule has 0 aromatic carbocycles. The molecule has 0 aliphatic carbocycles. The van der Waals surface area contributed by atoms with Gasteiger partial charge in [-0.2, -0.15) is 0 Å². The number of pyridine rings is 2. The van der Waals surface area contributed by atoms with Gasteiger partial charge in [0.05, 0.1) is 5.69 Å². The molecule has 0 atom stereocenters. The molecule has 2 heterocycles. The lowest BCUT2D eigenvalue weighted by atomic mass is 10.1. The summed E-state index contributed by atoms with van der Waals surface area (Å²) in [6, 6.07) is 8.19. The Morgan fingerprint density at radius 3 is 2.25 bits per heavy atom. The lowest BCUT2D eigenvalue weighted by Gasteiger charge is -2.04. The Morgan fingerprint density at radius 1 is 0.938 bits per heavy atom. The molecule has 0 spiro atoms. The second-order valence-corrected chi connectivity index (χ2v) is 3.79. The molecule has 0 aliphatic heterocycles. The molecule has 0 amide bonds. The van der Waals surface area contributed by atoms with Crippen molar-refractivity contribution in [3.8, 4) is 11.3 Å². The fourth-order valence-electron chi connectivity index (χ4n) is 1.41. The van der Waals surface area contributed by atoms with Gasteiger partial charge in [-0.1, -0.05) is 13.5 Å². The van der Waals surface area contributed by atoms with Crippen LogP contribution >= 0.6 is 0 Å². The van der Waals surface area contributed by atoms with E-state index >= 15 is 0 Å². The summed E-state index contributed by atoms with van der Waals surface area (Å²) in [5.41, 5.74) is 5.39. The van der Waals surface area contributed by atoms with Crippen LogP contribution < -0.4 is 0 Å². The van der Waals surface area contributed by atoms with Crippen molar-refractivity contribution in [3.05, 3.63) is 47.4 Å². The van der Waals surface area contributed by atoms with E-state index in [1.165, 1.54) is 5.56 Å². The zero-order valence-electron chi connectivity index (χ0n) is 9.28. The third kappa shape index (κ3) is 2.45. The highest BCUT2D eigenvalue weighted by molar-refractivity contribution is 5.58. The zero-order valence-corrected chi connectivity index (χ0v) is 9.28. The Kier molecular flexibility index (Phi) is 3.78. The van der Waals surface area contributed by atoms with Gasteiger partial charge < -0.3 is 0 Å². The van der Waals surface area contributed by atoms with Gasteiger partial charge >= 0.3 is 0 Å². The fourth-order valence-corrected chi connectivity index (χ4v) is 1.41. The minimum Gasteiger partial charge on any atom is -0.261 e. The highest BCUT2D eigenvalue weighted by Gasteiger charge is 2.01. The Balaban J connectivity index is 0.00000128. The van der Waals surface area contributed by atoms with Crippen molar-refractivity contribution in [3.63, 3.8) is 0 Å². The van der Waals surface area contributed by atoms with Crippen LogP contribution in [0.5, 0.6) is 0 Å². The lowest BCUT2D eigenvalue weighted by molar-refractivity contribution is 1.14. The first kappa shape index (κ1) is 12.4. The summed E-state index contributed by atoms with van der Waals surface area (Å²) in [5.74, 6) is 0. The molecule has 2 rings (SSSR count). The van der Waals surface area contributed by atoms with Gasteiger partial charge in [-0.05, 0) is 44.5 Å². The van der Waals surface area contributed by atoms with Gasteiger partial charge in [0.25, 0.3) is 0 Å². The number of hydrogen-bond donors (Lipinski definition) is 0. The van der Waals surface area contributed by atoms with E-state index in [-0.39, 0.29) is 7.43 Å². The Morgan fingerprint density at radius 2 is 1.69 bits per heavy atom. The fraction of sp³-hybridized carbons (Fsp3) is 0.286. The van der Waals surface area contributed by atoms with Crippen molar-refractivity contribution in [1.29, 1.82) is 0 Å². The van der Waals surface area contributed by atoms with Gasteiger partial charge in [-0.3, -0.25) is 9.97 Å². The molecule has 16 heavy (non-hydrogen) atoms. The summed E-state index contributed by atoms with van der Waals surface area (Å²) >= 11 is 0.